The van der Waals surface area contributed by atoms with Crippen molar-refractivity contribution in [3.63, 3.8) is 0 Å². The molecule has 3 rings (SSSR count). The maximum absolute atomic E-state index is 10.3. The molecule has 0 saturated heterocycles. The minimum atomic E-state index is 0. The van der Waals surface area contributed by atoms with Gasteiger partial charge in [0.05, 0.1) is 0 Å². The molecule has 25 heavy (non-hydrogen) atoms. The van der Waals surface area contributed by atoms with Crippen LogP contribution in [-0.2, 0) is 33.0 Å². The van der Waals surface area contributed by atoms with Crippen molar-refractivity contribution >= 4 is 29.9 Å². The Morgan fingerprint density at radius 1 is 1.16 bits per heavy atom. The van der Waals surface area contributed by atoms with Crippen molar-refractivity contribution in [2.45, 2.75) is 38.8 Å². The molecule has 0 aliphatic heterocycles. The van der Waals surface area contributed by atoms with Crippen LogP contribution >= 0.6 is 24.0 Å². The number of aromatic nitrogens is 1. The average molecular weight is 454 g/mol. The predicted octanol–water partition coefficient (Wildman–Crippen LogP) is 3.09. The van der Waals surface area contributed by atoms with Gasteiger partial charge >= 0.3 is 0 Å². The van der Waals surface area contributed by atoms with Gasteiger partial charge < -0.3 is 20.3 Å². The molecular formula is C19H27IN4O. The topological polar surface area (TPSA) is 61.6 Å². The standard InChI is InChI=1S/C19H26N4O.HI/c1-20-19(21-11-14-9-10-23(2)13-14)22-12-17-16-6-4-3-5-15(16)7-8-18(17)24;/h7-10,13,24H,3-6,11-12H2,1-2H3,(H2,20,21,22);1H. The molecule has 1 aromatic carbocycles. The Morgan fingerprint density at radius 2 is 1.92 bits per heavy atom. The largest absolute Gasteiger partial charge is 0.508 e. The number of hydrogen-bond acceptors (Lipinski definition) is 2. The molecule has 0 fully saturated rings. The highest BCUT2D eigenvalue weighted by Gasteiger charge is 2.16. The van der Waals surface area contributed by atoms with E-state index < -0.39 is 0 Å². The lowest BCUT2D eigenvalue weighted by Gasteiger charge is -2.21. The zero-order valence-electron chi connectivity index (χ0n) is 14.9. The maximum atomic E-state index is 10.3. The van der Waals surface area contributed by atoms with Crippen LogP contribution in [0, 0.1) is 0 Å². The molecule has 1 heterocycles. The van der Waals surface area contributed by atoms with Gasteiger partial charge in [0.15, 0.2) is 5.96 Å². The fraction of sp³-hybridized carbons (Fsp3) is 0.421. The summed E-state index contributed by atoms with van der Waals surface area (Å²) in [5, 5.41) is 16.9. The van der Waals surface area contributed by atoms with Crippen LogP contribution in [0.4, 0.5) is 0 Å². The number of benzene rings is 1. The average Bonchev–Trinajstić information content (AvgIpc) is 3.02. The van der Waals surface area contributed by atoms with Crippen molar-refractivity contribution in [3.05, 3.63) is 52.8 Å². The van der Waals surface area contributed by atoms with Gasteiger partial charge in [-0.2, -0.15) is 0 Å². The van der Waals surface area contributed by atoms with Gasteiger partial charge in [-0.3, -0.25) is 4.99 Å². The first-order chi connectivity index (χ1) is 11.7. The highest BCUT2D eigenvalue weighted by atomic mass is 127. The Balaban J connectivity index is 0.00000225. The SMILES string of the molecule is CN=C(NCc1ccn(C)c1)NCc1c(O)ccc2c1CCCC2.I. The number of nitrogens with one attached hydrogen (secondary N) is 2. The summed E-state index contributed by atoms with van der Waals surface area (Å²) in [4.78, 5) is 4.27. The van der Waals surface area contributed by atoms with Crippen LogP contribution < -0.4 is 10.6 Å². The zero-order chi connectivity index (χ0) is 16.9. The van der Waals surface area contributed by atoms with Crippen molar-refractivity contribution < 1.29 is 5.11 Å². The Labute approximate surface area is 166 Å². The predicted molar refractivity (Wildman–Crippen MR) is 113 cm³/mol. The molecule has 1 aliphatic carbocycles. The smallest absolute Gasteiger partial charge is 0.191 e. The third kappa shape index (κ3) is 4.90. The van der Waals surface area contributed by atoms with E-state index in [-0.39, 0.29) is 24.0 Å². The van der Waals surface area contributed by atoms with Crippen LogP contribution in [0.5, 0.6) is 5.75 Å². The number of aliphatic imine (C=N–C) groups is 1. The summed E-state index contributed by atoms with van der Waals surface area (Å²) in [7, 11) is 3.78. The molecule has 136 valence electrons. The number of phenolic OH excluding ortho intramolecular Hbond substituents is 1. The lowest BCUT2D eigenvalue weighted by molar-refractivity contribution is 0.464. The summed E-state index contributed by atoms with van der Waals surface area (Å²) in [6, 6.07) is 5.97. The highest BCUT2D eigenvalue weighted by molar-refractivity contribution is 14.0. The minimum absolute atomic E-state index is 0. The zero-order valence-corrected chi connectivity index (χ0v) is 17.2. The minimum Gasteiger partial charge on any atom is -0.508 e. The molecule has 1 aliphatic rings. The first kappa shape index (κ1) is 19.6. The molecule has 0 radical (unpaired) electrons. The fourth-order valence-electron chi connectivity index (χ4n) is 3.33. The summed E-state index contributed by atoms with van der Waals surface area (Å²) in [5.41, 5.74) is 4.91. The quantitative estimate of drug-likeness (QED) is 0.378. The van der Waals surface area contributed by atoms with E-state index in [0.29, 0.717) is 12.3 Å². The normalized spacial score (nSPS) is 13.8. The van der Waals surface area contributed by atoms with Crippen molar-refractivity contribution in [1.82, 2.24) is 15.2 Å². The molecule has 6 heteroatoms. The van der Waals surface area contributed by atoms with Gasteiger partial charge in [0.2, 0.25) is 0 Å². The molecule has 2 aromatic rings. The number of aromatic hydroxyl groups is 1. The number of guanidine groups is 1. The summed E-state index contributed by atoms with van der Waals surface area (Å²) >= 11 is 0. The molecule has 0 bridgehead atoms. The molecule has 1 aromatic heterocycles. The van der Waals surface area contributed by atoms with Crippen LogP contribution in [-0.4, -0.2) is 22.7 Å². The van der Waals surface area contributed by atoms with Gasteiger partial charge in [-0.25, -0.2) is 0 Å². The van der Waals surface area contributed by atoms with E-state index in [2.05, 4.69) is 34.0 Å². The van der Waals surface area contributed by atoms with Gasteiger partial charge in [-0.15, -0.1) is 24.0 Å². The van der Waals surface area contributed by atoms with E-state index in [1.165, 1.54) is 29.5 Å². The molecular weight excluding hydrogens is 427 g/mol. The maximum Gasteiger partial charge on any atom is 0.191 e. The first-order valence-electron chi connectivity index (χ1n) is 8.55. The van der Waals surface area contributed by atoms with E-state index in [4.69, 9.17) is 0 Å². The Kier molecular flexibility index (Phi) is 7.16. The monoisotopic (exact) mass is 454 g/mol. The molecule has 3 N–H and O–H groups in total. The second kappa shape index (κ2) is 9.12. The van der Waals surface area contributed by atoms with Crippen LogP contribution in [0.1, 0.15) is 35.1 Å². The Bertz CT molecular complexity index is 739. The highest BCUT2D eigenvalue weighted by Crippen LogP contribution is 2.30. The number of aryl methyl sites for hydroxylation is 2. The van der Waals surface area contributed by atoms with Crippen molar-refractivity contribution in [2.24, 2.45) is 12.0 Å². The van der Waals surface area contributed by atoms with E-state index in [1.54, 1.807) is 7.05 Å². The first-order valence-corrected chi connectivity index (χ1v) is 8.55. The van der Waals surface area contributed by atoms with E-state index >= 15 is 0 Å². The van der Waals surface area contributed by atoms with Gasteiger partial charge in [-0.1, -0.05) is 6.07 Å². The molecule has 0 spiro atoms. The number of halogens is 1. The lowest BCUT2D eigenvalue weighted by Crippen LogP contribution is -2.36. The van der Waals surface area contributed by atoms with Crippen molar-refractivity contribution in [2.75, 3.05) is 7.05 Å². The Morgan fingerprint density at radius 3 is 2.64 bits per heavy atom. The van der Waals surface area contributed by atoms with Gasteiger partial charge in [0, 0.05) is 45.1 Å². The summed E-state index contributed by atoms with van der Waals surface area (Å²) in [6.45, 7) is 1.31. The van der Waals surface area contributed by atoms with Gasteiger partial charge in [-0.05, 0) is 54.5 Å². The number of nitrogens with zero attached hydrogens (tertiary/aromatic N) is 2. The fourth-order valence-corrected chi connectivity index (χ4v) is 3.33. The number of phenols is 1. The van der Waals surface area contributed by atoms with Crippen molar-refractivity contribution in [1.29, 1.82) is 0 Å². The van der Waals surface area contributed by atoms with Crippen LogP contribution in [0.25, 0.3) is 0 Å². The molecule has 0 atom stereocenters. The Hall–Kier alpha value is -1.70. The van der Waals surface area contributed by atoms with Crippen molar-refractivity contribution in [3.8, 4) is 5.75 Å². The molecule has 0 saturated carbocycles. The molecule has 0 amide bonds. The van der Waals surface area contributed by atoms with E-state index in [0.717, 1.165) is 30.9 Å². The third-order valence-corrected chi connectivity index (χ3v) is 4.64. The second-order valence-electron chi connectivity index (χ2n) is 6.37. The molecule has 0 unspecified atom stereocenters. The third-order valence-electron chi connectivity index (χ3n) is 4.64. The van der Waals surface area contributed by atoms with Crippen LogP contribution in [0.15, 0.2) is 35.6 Å². The number of rotatable bonds is 4. The van der Waals surface area contributed by atoms with E-state index in [9.17, 15) is 5.11 Å². The summed E-state index contributed by atoms with van der Waals surface area (Å²) < 4.78 is 2.03. The number of fused-ring (bicyclic) bond motifs is 1. The number of hydrogen-bond donors (Lipinski definition) is 3. The van der Waals surface area contributed by atoms with Crippen LogP contribution in [0.3, 0.4) is 0 Å². The summed E-state index contributed by atoms with van der Waals surface area (Å²) in [5.74, 6) is 1.12. The van der Waals surface area contributed by atoms with E-state index in [1.807, 2.05) is 23.9 Å². The summed E-state index contributed by atoms with van der Waals surface area (Å²) in [6.07, 6.45) is 8.72. The van der Waals surface area contributed by atoms with Gasteiger partial charge in [0.1, 0.15) is 5.75 Å². The lowest BCUT2D eigenvalue weighted by atomic mass is 9.88. The molecule has 5 nitrogen and oxygen atoms in total. The van der Waals surface area contributed by atoms with Gasteiger partial charge in [0.25, 0.3) is 0 Å². The second-order valence-corrected chi connectivity index (χ2v) is 6.37. The van der Waals surface area contributed by atoms with Crippen LogP contribution in [0.2, 0.25) is 0 Å².